The van der Waals surface area contributed by atoms with E-state index in [1.165, 1.54) is 24.1 Å². The van der Waals surface area contributed by atoms with Gasteiger partial charge in [0.15, 0.2) is 0 Å². The van der Waals surface area contributed by atoms with Crippen LogP contribution in [0.1, 0.15) is 27.0 Å². The van der Waals surface area contributed by atoms with Crippen molar-refractivity contribution in [1.29, 1.82) is 0 Å². The molecular weight excluding hydrogens is 516 g/mol. The van der Waals surface area contributed by atoms with Crippen molar-refractivity contribution in [1.82, 2.24) is 15.5 Å². The van der Waals surface area contributed by atoms with Crippen LogP contribution in [0.2, 0.25) is 0 Å². The minimum Gasteiger partial charge on any atom is -0.497 e. The van der Waals surface area contributed by atoms with Gasteiger partial charge in [-0.1, -0.05) is 46.6 Å². The Bertz CT molecular complexity index is 1170. The molecule has 0 unspecified atom stereocenters. The van der Waals surface area contributed by atoms with Crippen LogP contribution in [-0.4, -0.2) is 41.9 Å². The fourth-order valence-electron chi connectivity index (χ4n) is 3.53. The van der Waals surface area contributed by atoms with Crippen LogP contribution in [0.3, 0.4) is 0 Å². The van der Waals surface area contributed by atoms with Crippen LogP contribution in [0.5, 0.6) is 5.75 Å². The summed E-state index contributed by atoms with van der Waals surface area (Å²) >= 11 is 2.13. The number of imide groups is 1. The van der Waals surface area contributed by atoms with Crippen LogP contribution in [0, 0.1) is 17.7 Å². The van der Waals surface area contributed by atoms with Crippen molar-refractivity contribution in [2.75, 3.05) is 13.7 Å². The summed E-state index contributed by atoms with van der Waals surface area (Å²) in [6.07, 6.45) is 0. The van der Waals surface area contributed by atoms with Crippen molar-refractivity contribution in [3.8, 4) is 17.6 Å². The van der Waals surface area contributed by atoms with E-state index in [0.29, 0.717) is 15.7 Å². The molecule has 0 aliphatic carbocycles. The lowest BCUT2D eigenvalue weighted by atomic mass is 9.99. The van der Waals surface area contributed by atoms with Gasteiger partial charge in [0.2, 0.25) is 5.54 Å². The van der Waals surface area contributed by atoms with Gasteiger partial charge in [0, 0.05) is 16.5 Å². The SMILES string of the molecule is COc1ccc2c(c1)C(=O)N(C[C@@]1(C#Cc3ccc(CI)cc3F)NC(=O)NC1=O)C2. The van der Waals surface area contributed by atoms with E-state index in [9.17, 15) is 18.8 Å². The molecule has 0 bridgehead atoms. The summed E-state index contributed by atoms with van der Waals surface area (Å²) in [6, 6.07) is 9.10. The summed E-state index contributed by atoms with van der Waals surface area (Å²) in [5.74, 6) is 4.42. The number of ether oxygens (including phenoxy) is 1. The van der Waals surface area contributed by atoms with Crippen molar-refractivity contribution < 1.29 is 23.5 Å². The van der Waals surface area contributed by atoms with Gasteiger partial charge < -0.3 is 15.0 Å². The zero-order valence-electron chi connectivity index (χ0n) is 16.4. The van der Waals surface area contributed by atoms with E-state index < -0.39 is 23.3 Å². The normalized spacial score (nSPS) is 19.5. The molecule has 4 amide bonds. The third kappa shape index (κ3) is 3.95. The maximum absolute atomic E-state index is 14.4. The molecule has 1 fully saturated rings. The molecule has 2 aliphatic rings. The van der Waals surface area contributed by atoms with Gasteiger partial charge >= 0.3 is 6.03 Å². The summed E-state index contributed by atoms with van der Waals surface area (Å²) in [5.41, 5.74) is 0.461. The van der Waals surface area contributed by atoms with Crippen molar-refractivity contribution in [3.05, 3.63) is 64.5 Å². The lowest BCUT2D eigenvalue weighted by Gasteiger charge is -2.26. The quantitative estimate of drug-likeness (QED) is 0.274. The number of amides is 4. The fraction of sp³-hybridized carbons (Fsp3) is 0.227. The van der Waals surface area contributed by atoms with Crippen LogP contribution in [0.15, 0.2) is 36.4 Å². The summed E-state index contributed by atoms with van der Waals surface area (Å²) in [7, 11) is 1.51. The molecule has 9 heteroatoms. The van der Waals surface area contributed by atoms with Crippen LogP contribution in [0.25, 0.3) is 0 Å². The highest BCUT2D eigenvalue weighted by Gasteiger charge is 2.48. The van der Waals surface area contributed by atoms with Gasteiger partial charge in [-0.3, -0.25) is 14.9 Å². The maximum Gasteiger partial charge on any atom is 0.323 e. The Morgan fingerprint density at radius 1 is 1.23 bits per heavy atom. The van der Waals surface area contributed by atoms with Gasteiger partial charge in [-0.2, -0.15) is 0 Å². The molecule has 0 saturated carbocycles. The topological polar surface area (TPSA) is 87.7 Å². The van der Waals surface area contributed by atoms with Crippen molar-refractivity contribution in [3.63, 3.8) is 0 Å². The van der Waals surface area contributed by atoms with Crippen molar-refractivity contribution >= 4 is 40.4 Å². The average molecular weight is 533 g/mol. The van der Waals surface area contributed by atoms with E-state index in [1.807, 2.05) is 0 Å². The lowest BCUT2D eigenvalue weighted by molar-refractivity contribution is -0.122. The highest BCUT2D eigenvalue weighted by molar-refractivity contribution is 14.1. The first kappa shape index (κ1) is 21.1. The second-order valence-electron chi connectivity index (χ2n) is 7.20. The van der Waals surface area contributed by atoms with E-state index in [-0.39, 0.29) is 24.6 Å². The summed E-state index contributed by atoms with van der Waals surface area (Å²) in [5, 5.41) is 4.67. The minimum absolute atomic E-state index is 0.0997. The third-order valence-electron chi connectivity index (χ3n) is 5.16. The molecule has 2 heterocycles. The first-order valence-corrected chi connectivity index (χ1v) is 10.8. The molecule has 2 N–H and O–H groups in total. The highest BCUT2D eigenvalue weighted by atomic mass is 127. The number of hydrogen-bond acceptors (Lipinski definition) is 4. The Kier molecular flexibility index (Phi) is 5.58. The molecule has 7 nitrogen and oxygen atoms in total. The number of alkyl halides is 1. The Morgan fingerprint density at radius 3 is 2.68 bits per heavy atom. The van der Waals surface area contributed by atoms with Crippen molar-refractivity contribution in [2.24, 2.45) is 0 Å². The number of hydrogen-bond donors (Lipinski definition) is 2. The first-order valence-electron chi connectivity index (χ1n) is 9.32. The molecule has 31 heavy (non-hydrogen) atoms. The monoisotopic (exact) mass is 533 g/mol. The van der Waals surface area contributed by atoms with Gasteiger partial charge in [-0.15, -0.1) is 0 Å². The number of nitrogens with one attached hydrogen (secondary N) is 2. The van der Waals surface area contributed by atoms with Crippen molar-refractivity contribution in [2.45, 2.75) is 16.5 Å². The predicted octanol–water partition coefficient (Wildman–Crippen LogP) is 2.36. The number of urea groups is 1. The molecule has 2 aliphatic heterocycles. The fourth-order valence-corrected chi connectivity index (χ4v) is 4.00. The predicted molar refractivity (Wildman–Crippen MR) is 118 cm³/mol. The molecule has 1 atom stereocenters. The van der Waals surface area contributed by atoms with Crippen LogP contribution in [-0.2, 0) is 15.8 Å². The number of benzene rings is 2. The van der Waals surface area contributed by atoms with Gasteiger partial charge in [-0.05, 0) is 35.4 Å². The summed E-state index contributed by atoms with van der Waals surface area (Å²) < 4.78 is 20.2. The van der Waals surface area contributed by atoms with Gasteiger partial charge in [0.25, 0.3) is 11.8 Å². The molecule has 0 spiro atoms. The molecule has 0 aromatic heterocycles. The standard InChI is InChI=1S/C22H17FIN3O4/c1-31-16-5-4-15-11-27(19(28)17(15)9-16)12-22(20(29)25-21(30)26-22)7-6-14-3-2-13(10-24)8-18(14)23/h2-5,8-9H,10-12H2,1H3,(H2,25,26,29,30)/t22-/m1/s1. The van der Waals surface area contributed by atoms with E-state index in [0.717, 1.165) is 11.1 Å². The number of nitrogens with zero attached hydrogens (tertiary/aromatic N) is 1. The Labute approximate surface area is 191 Å². The lowest BCUT2D eigenvalue weighted by Crippen LogP contribution is -2.54. The number of methoxy groups -OCH3 is 1. The largest absolute Gasteiger partial charge is 0.497 e. The maximum atomic E-state index is 14.4. The van der Waals surface area contributed by atoms with E-state index >= 15 is 0 Å². The molecule has 2 aromatic carbocycles. The van der Waals surface area contributed by atoms with Crippen LogP contribution < -0.4 is 15.4 Å². The zero-order chi connectivity index (χ0) is 22.2. The molecule has 1 saturated heterocycles. The number of rotatable bonds is 4. The number of fused-ring (bicyclic) bond motifs is 1. The smallest absolute Gasteiger partial charge is 0.323 e. The van der Waals surface area contributed by atoms with Crippen LogP contribution in [0.4, 0.5) is 9.18 Å². The number of carbonyl (C=O) groups excluding carboxylic acids is 3. The first-order chi connectivity index (χ1) is 14.8. The summed E-state index contributed by atoms with van der Waals surface area (Å²) in [4.78, 5) is 38.8. The van der Waals surface area contributed by atoms with Gasteiger partial charge in [0.05, 0.1) is 19.2 Å². The highest BCUT2D eigenvalue weighted by Crippen LogP contribution is 2.28. The molecule has 158 valence electrons. The van der Waals surface area contributed by atoms with E-state index in [4.69, 9.17) is 4.74 Å². The molecule has 2 aromatic rings. The minimum atomic E-state index is -1.69. The summed E-state index contributed by atoms with van der Waals surface area (Å²) in [6.45, 7) is 0.0737. The van der Waals surface area contributed by atoms with E-state index in [2.05, 4.69) is 45.1 Å². The Hall–Kier alpha value is -3.13. The Balaban J connectivity index is 1.65. The van der Waals surface area contributed by atoms with Gasteiger partial charge in [-0.25, -0.2) is 9.18 Å². The molecular formula is C22H17FIN3O4. The second kappa shape index (κ2) is 8.19. The number of halogens is 2. The van der Waals surface area contributed by atoms with Crippen LogP contribution >= 0.6 is 22.6 Å². The van der Waals surface area contributed by atoms with Gasteiger partial charge in [0.1, 0.15) is 11.6 Å². The Morgan fingerprint density at radius 2 is 2.03 bits per heavy atom. The number of carbonyl (C=O) groups is 3. The third-order valence-corrected chi connectivity index (χ3v) is 6.04. The second-order valence-corrected chi connectivity index (χ2v) is 7.96. The molecule has 4 rings (SSSR count). The average Bonchev–Trinajstić information content (AvgIpc) is 3.21. The van der Waals surface area contributed by atoms with E-state index in [1.54, 1.807) is 24.3 Å². The zero-order valence-corrected chi connectivity index (χ0v) is 18.6. The molecule has 0 radical (unpaired) electrons.